The maximum Gasteiger partial charge on any atom is 0.416 e. The number of halogens is 6. The van der Waals surface area contributed by atoms with Gasteiger partial charge in [0.25, 0.3) is 5.97 Å². The van der Waals surface area contributed by atoms with Crippen molar-refractivity contribution in [2.75, 3.05) is 19.8 Å². The summed E-state index contributed by atoms with van der Waals surface area (Å²) in [4.78, 5) is 0. The van der Waals surface area contributed by atoms with Gasteiger partial charge in [0.1, 0.15) is 0 Å². The maximum absolute atomic E-state index is 13.4. The van der Waals surface area contributed by atoms with Crippen LogP contribution < -0.4 is 0 Å². The van der Waals surface area contributed by atoms with E-state index in [9.17, 15) is 26.3 Å². The Kier molecular flexibility index (Phi) is 12.8. The summed E-state index contributed by atoms with van der Waals surface area (Å²) in [7, 11) is 0. The Bertz CT molecular complexity index is 936. The summed E-state index contributed by atoms with van der Waals surface area (Å²) in [5, 5.41) is 0. The minimum absolute atomic E-state index is 0.134. The standard InChI is InChI=1S/C30H40F6O3/c1-5-9-10-11-12-13-14-27(30(37-6-2,38-7-3)39-8-4)23-17-15-22(16-18-23)24-19-25(28(31,32)33)21-26(20-24)29(34,35)36/h15-21,27H,5-14H2,1-4H3. The van der Waals surface area contributed by atoms with E-state index in [1.165, 1.54) is 18.6 Å². The van der Waals surface area contributed by atoms with E-state index in [1.54, 1.807) is 12.1 Å². The first-order chi connectivity index (χ1) is 18.4. The summed E-state index contributed by atoms with van der Waals surface area (Å²) in [5.74, 6) is -1.71. The topological polar surface area (TPSA) is 27.7 Å². The molecule has 0 spiro atoms. The van der Waals surface area contributed by atoms with Gasteiger partial charge in [-0.05, 0) is 62.1 Å². The maximum atomic E-state index is 13.4. The normalized spacial score (nSPS) is 13.6. The van der Waals surface area contributed by atoms with Crippen LogP contribution in [0.4, 0.5) is 26.3 Å². The quantitative estimate of drug-likeness (QED) is 0.116. The summed E-state index contributed by atoms with van der Waals surface area (Å²) < 4.78 is 98.4. The van der Waals surface area contributed by atoms with Gasteiger partial charge in [0.05, 0.1) is 17.0 Å². The molecule has 220 valence electrons. The van der Waals surface area contributed by atoms with Gasteiger partial charge < -0.3 is 14.2 Å². The van der Waals surface area contributed by atoms with E-state index in [4.69, 9.17) is 14.2 Å². The lowest BCUT2D eigenvalue weighted by Crippen LogP contribution is -2.45. The van der Waals surface area contributed by atoms with Crippen LogP contribution in [0.25, 0.3) is 11.1 Å². The molecule has 0 heterocycles. The van der Waals surface area contributed by atoms with Crippen molar-refractivity contribution < 1.29 is 40.6 Å². The number of ether oxygens (including phenoxy) is 3. The molecule has 3 nitrogen and oxygen atoms in total. The van der Waals surface area contributed by atoms with Crippen LogP contribution in [0.5, 0.6) is 0 Å². The molecule has 2 rings (SSSR count). The first-order valence-electron chi connectivity index (χ1n) is 13.7. The van der Waals surface area contributed by atoms with E-state index in [2.05, 4.69) is 6.92 Å². The number of hydrogen-bond donors (Lipinski definition) is 0. The van der Waals surface area contributed by atoms with Crippen LogP contribution in [0.2, 0.25) is 0 Å². The molecule has 0 amide bonds. The average molecular weight is 563 g/mol. The summed E-state index contributed by atoms with van der Waals surface area (Å²) >= 11 is 0. The Balaban J connectivity index is 2.48. The zero-order chi connectivity index (χ0) is 29.1. The molecule has 0 bridgehead atoms. The summed E-state index contributed by atoms with van der Waals surface area (Å²) in [6.07, 6.45) is -2.68. The van der Waals surface area contributed by atoms with Gasteiger partial charge >= 0.3 is 12.4 Å². The van der Waals surface area contributed by atoms with Gasteiger partial charge in [-0.1, -0.05) is 69.7 Å². The minimum Gasteiger partial charge on any atom is -0.327 e. The van der Waals surface area contributed by atoms with Gasteiger partial charge in [0, 0.05) is 19.8 Å². The molecule has 0 fully saturated rings. The van der Waals surface area contributed by atoms with Crippen molar-refractivity contribution in [3.8, 4) is 11.1 Å². The molecular weight excluding hydrogens is 522 g/mol. The molecule has 0 aliphatic heterocycles. The molecule has 2 aromatic rings. The zero-order valence-electron chi connectivity index (χ0n) is 23.2. The van der Waals surface area contributed by atoms with Gasteiger partial charge in [0.15, 0.2) is 0 Å². The molecule has 0 radical (unpaired) electrons. The second-order valence-electron chi connectivity index (χ2n) is 9.43. The summed E-state index contributed by atoms with van der Waals surface area (Å²) in [5.41, 5.74) is -1.85. The second kappa shape index (κ2) is 15.1. The van der Waals surface area contributed by atoms with Crippen molar-refractivity contribution in [2.24, 2.45) is 0 Å². The largest absolute Gasteiger partial charge is 0.416 e. The number of benzene rings is 2. The summed E-state index contributed by atoms with van der Waals surface area (Å²) in [6.45, 7) is 8.65. The Hall–Kier alpha value is -2.10. The molecule has 0 aliphatic carbocycles. The summed E-state index contributed by atoms with van der Waals surface area (Å²) in [6, 6.07) is 8.09. The lowest BCUT2D eigenvalue weighted by Gasteiger charge is -2.39. The number of hydrogen-bond acceptors (Lipinski definition) is 3. The van der Waals surface area contributed by atoms with Crippen LogP contribution in [0.15, 0.2) is 42.5 Å². The predicted octanol–water partition coefficient (Wildman–Crippen LogP) is 9.99. The van der Waals surface area contributed by atoms with Gasteiger partial charge in [-0.15, -0.1) is 0 Å². The SMILES string of the molecule is CCCCCCCCC(c1ccc(-c2cc(C(F)(F)F)cc(C(F)(F)F)c2)cc1)C(OCC)(OCC)OCC. The molecule has 39 heavy (non-hydrogen) atoms. The van der Waals surface area contributed by atoms with Crippen LogP contribution in [-0.4, -0.2) is 25.8 Å². The molecule has 1 atom stereocenters. The Morgan fingerprint density at radius 3 is 1.49 bits per heavy atom. The highest BCUT2D eigenvalue weighted by atomic mass is 19.4. The molecule has 0 N–H and O–H groups in total. The Morgan fingerprint density at radius 1 is 0.590 bits per heavy atom. The zero-order valence-corrected chi connectivity index (χ0v) is 23.2. The number of rotatable bonds is 16. The highest BCUT2D eigenvalue weighted by Crippen LogP contribution is 2.41. The molecule has 0 saturated carbocycles. The van der Waals surface area contributed by atoms with Crippen molar-refractivity contribution in [1.82, 2.24) is 0 Å². The lowest BCUT2D eigenvalue weighted by molar-refractivity contribution is -0.389. The second-order valence-corrected chi connectivity index (χ2v) is 9.43. The predicted molar refractivity (Wildman–Crippen MR) is 140 cm³/mol. The van der Waals surface area contributed by atoms with Crippen LogP contribution >= 0.6 is 0 Å². The molecule has 0 aromatic heterocycles. The van der Waals surface area contributed by atoms with E-state index in [-0.39, 0.29) is 23.1 Å². The molecule has 9 heteroatoms. The van der Waals surface area contributed by atoms with E-state index < -0.39 is 29.5 Å². The fourth-order valence-electron chi connectivity index (χ4n) is 4.74. The van der Waals surface area contributed by atoms with Crippen LogP contribution in [0.3, 0.4) is 0 Å². The monoisotopic (exact) mass is 562 g/mol. The molecular formula is C30H40F6O3. The van der Waals surface area contributed by atoms with Gasteiger partial charge in [-0.2, -0.15) is 26.3 Å². The number of unbranched alkanes of at least 4 members (excludes halogenated alkanes) is 5. The third-order valence-electron chi connectivity index (χ3n) is 6.54. The minimum atomic E-state index is -4.91. The average Bonchev–Trinajstić information content (AvgIpc) is 2.87. The first-order valence-corrected chi connectivity index (χ1v) is 13.7. The third-order valence-corrected chi connectivity index (χ3v) is 6.54. The van der Waals surface area contributed by atoms with Gasteiger partial charge in [-0.3, -0.25) is 0 Å². The van der Waals surface area contributed by atoms with E-state index in [1.807, 2.05) is 20.8 Å². The van der Waals surface area contributed by atoms with Crippen LogP contribution in [0, 0.1) is 0 Å². The smallest absolute Gasteiger partial charge is 0.327 e. The molecule has 0 aliphatic rings. The van der Waals surface area contributed by atoms with Crippen molar-refractivity contribution in [3.63, 3.8) is 0 Å². The van der Waals surface area contributed by atoms with E-state index in [0.29, 0.717) is 26.2 Å². The van der Waals surface area contributed by atoms with Crippen LogP contribution in [0.1, 0.15) is 95.2 Å². The fourth-order valence-corrected chi connectivity index (χ4v) is 4.74. The van der Waals surface area contributed by atoms with Crippen molar-refractivity contribution in [3.05, 3.63) is 59.2 Å². The van der Waals surface area contributed by atoms with Crippen molar-refractivity contribution in [2.45, 2.75) is 96.9 Å². The molecule has 0 saturated heterocycles. The van der Waals surface area contributed by atoms with Crippen LogP contribution in [-0.2, 0) is 26.6 Å². The van der Waals surface area contributed by atoms with Gasteiger partial charge in [-0.25, -0.2) is 0 Å². The third kappa shape index (κ3) is 9.50. The van der Waals surface area contributed by atoms with Crippen molar-refractivity contribution >= 4 is 0 Å². The lowest BCUT2D eigenvalue weighted by atomic mass is 9.88. The van der Waals surface area contributed by atoms with Gasteiger partial charge in [0.2, 0.25) is 0 Å². The number of alkyl halides is 6. The van der Waals surface area contributed by atoms with Crippen molar-refractivity contribution in [1.29, 1.82) is 0 Å². The Morgan fingerprint density at radius 2 is 1.05 bits per heavy atom. The first kappa shape index (κ1) is 33.1. The van der Waals surface area contributed by atoms with E-state index >= 15 is 0 Å². The molecule has 1 unspecified atom stereocenters. The Labute approximate surface area is 227 Å². The highest BCUT2D eigenvalue weighted by molar-refractivity contribution is 5.66. The molecule has 2 aromatic carbocycles. The fraction of sp³-hybridized carbons (Fsp3) is 0.600. The highest BCUT2D eigenvalue weighted by Gasteiger charge is 2.43. The van der Waals surface area contributed by atoms with E-state index in [0.717, 1.165) is 49.8 Å².